The summed E-state index contributed by atoms with van der Waals surface area (Å²) < 4.78 is 1.94. The number of nitrogens with one attached hydrogen (secondary N) is 1. The third kappa shape index (κ3) is 4.54. The minimum atomic E-state index is -0.209. The van der Waals surface area contributed by atoms with Gasteiger partial charge in [0.25, 0.3) is 5.91 Å². The van der Waals surface area contributed by atoms with Gasteiger partial charge in [0.2, 0.25) is 0 Å². The van der Waals surface area contributed by atoms with Crippen LogP contribution in [0, 0.1) is 0 Å². The molecule has 7 nitrogen and oxygen atoms in total. The van der Waals surface area contributed by atoms with E-state index in [4.69, 9.17) is 0 Å². The molecule has 8 heteroatoms. The molecule has 0 aliphatic heterocycles. The molecule has 0 saturated carbocycles. The first-order valence-corrected chi connectivity index (χ1v) is 10.4. The van der Waals surface area contributed by atoms with E-state index in [1.807, 2.05) is 48.2 Å². The lowest BCUT2D eigenvalue weighted by molar-refractivity contribution is 0.0827. The molecule has 3 amide bonds. The van der Waals surface area contributed by atoms with E-state index in [1.165, 1.54) is 4.90 Å². The zero-order chi connectivity index (χ0) is 21.1. The number of hydrogen-bond acceptors (Lipinski definition) is 4. The normalized spacial score (nSPS) is 10.8. The molecule has 0 unspecified atom stereocenters. The van der Waals surface area contributed by atoms with E-state index in [1.54, 1.807) is 49.9 Å². The number of benzene rings is 2. The summed E-state index contributed by atoms with van der Waals surface area (Å²) in [6, 6.07) is 13.0. The van der Waals surface area contributed by atoms with Gasteiger partial charge < -0.3 is 19.7 Å². The maximum atomic E-state index is 12.6. The number of fused-ring (bicyclic) bond motifs is 1. The maximum absolute atomic E-state index is 12.6. The molecular weight excluding hydrogens is 386 g/mol. The number of thioether (sulfide) groups is 1. The Labute approximate surface area is 174 Å². The average molecular weight is 412 g/mol. The third-order valence-electron chi connectivity index (χ3n) is 4.67. The first-order valence-electron chi connectivity index (χ1n) is 9.13. The Kier molecular flexibility index (Phi) is 6.12. The fourth-order valence-electron chi connectivity index (χ4n) is 2.99. The molecule has 0 spiro atoms. The van der Waals surface area contributed by atoms with Gasteiger partial charge in [-0.25, -0.2) is 9.78 Å². The lowest BCUT2D eigenvalue weighted by Crippen LogP contribution is -2.31. The van der Waals surface area contributed by atoms with Crippen molar-refractivity contribution in [3.05, 3.63) is 53.9 Å². The molecule has 29 heavy (non-hydrogen) atoms. The number of urea groups is 1. The summed E-state index contributed by atoms with van der Waals surface area (Å²) in [6.45, 7) is 0.343. The number of aryl methyl sites for hydroxylation is 1. The molecule has 3 rings (SSSR count). The van der Waals surface area contributed by atoms with Crippen molar-refractivity contribution < 1.29 is 9.59 Å². The van der Waals surface area contributed by atoms with Crippen LogP contribution in [0.4, 0.5) is 10.5 Å². The van der Waals surface area contributed by atoms with Gasteiger partial charge in [0.05, 0.1) is 17.6 Å². The van der Waals surface area contributed by atoms with Gasteiger partial charge in [0.15, 0.2) is 0 Å². The van der Waals surface area contributed by atoms with Crippen LogP contribution in [0.1, 0.15) is 16.2 Å². The minimum Gasteiger partial charge on any atom is -0.345 e. The minimum absolute atomic E-state index is 0.0666. The molecule has 0 saturated heterocycles. The molecule has 0 aliphatic carbocycles. The fraction of sp³-hybridized carbons (Fsp3) is 0.286. The molecule has 0 fully saturated rings. The quantitative estimate of drug-likeness (QED) is 0.651. The summed E-state index contributed by atoms with van der Waals surface area (Å²) in [5.41, 5.74) is 2.99. The van der Waals surface area contributed by atoms with Crippen molar-refractivity contribution >= 4 is 40.4 Å². The van der Waals surface area contributed by atoms with Crippen LogP contribution in [0.25, 0.3) is 11.0 Å². The highest BCUT2D eigenvalue weighted by Crippen LogP contribution is 2.20. The molecule has 3 aromatic rings. The second kappa shape index (κ2) is 8.57. The van der Waals surface area contributed by atoms with Crippen LogP contribution in [-0.4, -0.2) is 58.7 Å². The van der Waals surface area contributed by atoms with E-state index in [0.717, 1.165) is 27.4 Å². The van der Waals surface area contributed by atoms with Crippen molar-refractivity contribution in [1.29, 1.82) is 0 Å². The molecule has 1 heterocycles. The number of anilines is 1. The van der Waals surface area contributed by atoms with E-state index in [0.29, 0.717) is 12.1 Å². The lowest BCUT2D eigenvalue weighted by Gasteiger charge is -2.18. The van der Waals surface area contributed by atoms with Crippen LogP contribution in [0.3, 0.4) is 0 Å². The number of aromatic nitrogens is 2. The smallest absolute Gasteiger partial charge is 0.321 e. The van der Waals surface area contributed by atoms with Gasteiger partial charge in [-0.15, -0.1) is 11.8 Å². The van der Waals surface area contributed by atoms with Gasteiger partial charge in [-0.05, 0) is 42.7 Å². The number of amides is 3. The van der Waals surface area contributed by atoms with E-state index in [9.17, 15) is 9.59 Å². The zero-order valence-electron chi connectivity index (χ0n) is 17.3. The molecular formula is C21H25N5O2S. The Balaban J connectivity index is 1.77. The van der Waals surface area contributed by atoms with Crippen molar-refractivity contribution in [2.75, 3.05) is 32.7 Å². The topological polar surface area (TPSA) is 70.5 Å². The van der Waals surface area contributed by atoms with Crippen LogP contribution < -0.4 is 5.32 Å². The van der Waals surface area contributed by atoms with Crippen LogP contribution in [0.5, 0.6) is 0 Å². The van der Waals surface area contributed by atoms with Crippen molar-refractivity contribution in [3.63, 3.8) is 0 Å². The highest BCUT2D eigenvalue weighted by Gasteiger charge is 2.16. The highest BCUT2D eigenvalue weighted by molar-refractivity contribution is 7.98. The van der Waals surface area contributed by atoms with E-state index >= 15 is 0 Å². The van der Waals surface area contributed by atoms with Crippen LogP contribution in [0.2, 0.25) is 0 Å². The van der Waals surface area contributed by atoms with E-state index < -0.39 is 0 Å². The van der Waals surface area contributed by atoms with Gasteiger partial charge >= 0.3 is 6.03 Å². The predicted molar refractivity (Wildman–Crippen MR) is 117 cm³/mol. The SMILES string of the molecule is CSc1cccc(NC(=O)N(C)Cc2nc3cc(C(=O)N(C)C)ccc3n2C)c1. The Morgan fingerprint density at radius 2 is 1.90 bits per heavy atom. The number of imidazole rings is 1. The Morgan fingerprint density at radius 3 is 2.59 bits per heavy atom. The van der Waals surface area contributed by atoms with E-state index in [2.05, 4.69) is 10.3 Å². The van der Waals surface area contributed by atoms with Crippen molar-refractivity contribution in [2.24, 2.45) is 7.05 Å². The summed E-state index contributed by atoms with van der Waals surface area (Å²) in [7, 11) is 7.08. The number of nitrogens with zero attached hydrogens (tertiary/aromatic N) is 4. The number of hydrogen-bond donors (Lipinski definition) is 1. The van der Waals surface area contributed by atoms with Gasteiger partial charge in [-0.3, -0.25) is 4.79 Å². The molecule has 0 bridgehead atoms. The number of carbonyl (C=O) groups is 2. The average Bonchev–Trinajstić information content (AvgIpc) is 3.02. The maximum Gasteiger partial charge on any atom is 0.321 e. The second-order valence-corrected chi connectivity index (χ2v) is 7.89. The lowest BCUT2D eigenvalue weighted by atomic mass is 10.2. The monoisotopic (exact) mass is 411 g/mol. The summed E-state index contributed by atoms with van der Waals surface area (Å²) in [5, 5.41) is 2.91. The van der Waals surface area contributed by atoms with Gasteiger partial charge in [-0.1, -0.05) is 6.07 Å². The summed E-state index contributed by atoms with van der Waals surface area (Å²) in [5.74, 6) is 0.674. The fourth-order valence-corrected chi connectivity index (χ4v) is 3.45. The van der Waals surface area contributed by atoms with Gasteiger partial charge in [0, 0.05) is 44.3 Å². The van der Waals surface area contributed by atoms with Gasteiger partial charge in [-0.2, -0.15) is 0 Å². The second-order valence-electron chi connectivity index (χ2n) is 7.01. The van der Waals surface area contributed by atoms with Crippen LogP contribution in [0.15, 0.2) is 47.4 Å². The molecule has 2 aromatic carbocycles. The van der Waals surface area contributed by atoms with Crippen molar-refractivity contribution in [2.45, 2.75) is 11.4 Å². The summed E-state index contributed by atoms with van der Waals surface area (Å²) in [6.07, 6.45) is 2.00. The standard InChI is InChI=1S/C21H25N5O2S/c1-24(2)20(27)14-9-10-18-17(11-14)23-19(26(18)4)13-25(3)21(28)22-15-7-6-8-16(12-15)29-5/h6-12H,13H2,1-5H3,(H,22,28). The Morgan fingerprint density at radius 1 is 1.14 bits per heavy atom. The highest BCUT2D eigenvalue weighted by atomic mass is 32.2. The zero-order valence-corrected chi connectivity index (χ0v) is 18.1. The first-order chi connectivity index (χ1) is 13.8. The Bertz CT molecular complexity index is 1060. The van der Waals surface area contributed by atoms with Gasteiger partial charge in [0.1, 0.15) is 5.82 Å². The molecule has 0 radical (unpaired) electrons. The van der Waals surface area contributed by atoms with Crippen LogP contribution >= 0.6 is 11.8 Å². The molecule has 1 aromatic heterocycles. The molecule has 0 aliphatic rings. The predicted octanol–water partition coefficient (Wildman–Crippen LogP) is 3.66. The first kappa shape index (κ1) is 20.7. The summed E-state index contributed by atoms with van der Waals surface area (Å²) >= 11 is 1.62. The Hall–Kier alpha value is -3.00. The van der Waals surface area contributed by atoms with Crippen molar-refractivity contribution in [3.8, 4) is 0 Å². The largest absolute Gasteiger partial charge is 0.345 e. The number of rotatable bonds is 5. The van der Waals surface area contributed by atoms with Crippen LogP contribution in [-0.2, 0) is 13.6 Å². The molecule has 152 valence electrons. The molecule has 1 N–H and O–H groups in total. The third-order valence-corrected chi connectivity index (χ3v) is 5.40. The summed E-state index contributed by atoms with van der Waals surface area (Å²) in [4.78, 5) is 33.6. The number of carbonyl (C=O) groups excluding carboxylic acids is 2. The van der Waals surface area contributed by atoms with Crippen molar-refractivity contribution in [1.82, 2.24) is 19.4 Å². The molecule has 0 atom stereocenters. The van der Waals surface area contributed by atoms with E-state index in [-0.39, 0.29) is 11.9 Å².